The van der Waals surface area contributed by atoms with Crippen molar-refractivity contribution >= 4 is 11.8 Å². The molecule has 1 aliphatic carbocycles. The molecule has 2 atom stereocenters. The first kappa shape index (κ1) is 23.6. The summed E-state index contributed by atoms with van der Waals surface area (Å²) >= 11 is 0. The molecule has 1 N–H and O–H groups in total. The van der Waals surface area contributed by atoms with Gasteiger partial charge in [-0.15, -0.1) is 0 Å². The summed E-state index contributed by atoms with van der Waals surface area (Å²) in [5, 5.41) is 3.73. The smallest absolute Gasteiger partial charge is 0.0513 e. The molecule has 0 amide bonds. The number of likely N-dealkylation sites (N-methyl/N-ethyl adjacent to an activating group) is 2. The Morgan fingerprint density at radius 2 is 1.45 bits per heavy atom. The molecular formula is C27H42N4. The predicted molar refractivity (Wildman–Crippen MR) is 135 cm³/mol. The van der Waals surface area contributed by atoms with Gasteiger partial charge in [0.1, 0.15) is 0 Å². The zero-order chi connectivity index (χ0) is 22.1. The Hall–Kier alpha value is -2.04. The Kier molecular flexibility index (Phi) is 9.23. The number of hydrogen-bond donors (Lipinski definition) is 1. The summed E-state index contributed by atoms with van der Waals surface area (Å²) < 4.78 is 0. The average Bonchev–Trinajstić information content (AvgIpc) is 2.83. The first-order valence-electron chi connectivity index (χ1n) is 12.3. The minimum atomic E-state index is 0.365. The molecule has 4 nitrogen and oxygen atoms in total. The fraction of sp³-hybridized carbons (Fsp3) is 0.556. The lowest BCUT2D eigenvalue weighted by atomic mass is 9.89. The van der Waals surface area contributed by atoms with Gasteiger partial charge in [0.15, 0.2) is 0 Å². The maximum Gasteiger partial charge on any atom is 0.0513 e. The number of hydrogen-bond acceptors (Lipinski definition) is 4. The van der Waals surface area contributed by atoms with Crippen LogP contribution in [0.3, 0.4) is 0 Å². The third-order valence-electron chi connectivity index (χ3n) is 6.87. The van der Waals surface area contributed by atoms with E-state index in [1.807, 2.05) is 0 Å². The van der Waals surface area contributed by atoms with Gasteiger partial charge in [0, 0.05) is 43.5 Å². The van der Waals surface area contributed by atoms with Crippen LogP contribution in [0.2, 0.25) is 0 Å². The van der Waals surface area contributed by atoms with Crippen molar-refractivity contribution < 1.29 is 0 Å². The summed E-state index contributed by atoms with van der Waals surface area (Å²) in [7, 11) is 0. The second-order valence-corrected chi connectivity index (χ2v) is 8.54. The number of nitrogens with one attached hydrogen (secondary N) is 1. The van der Waals surface area contributed by atoms with Gasteiger partial charge >= 0.3 is 0 Å². The fourth-order valence-electron chi connectivity index (χ4n) is 4.56. The zero-order valence-electron chi connectivity index (χ0n) is 20.1. The van der Waals surface area contributed by atoms with E-state index in [9.17, 15) is 0 Å². The second kappa shape index (κ2) is 12.1. The SMILES string of the molecule is CCN(CC)CCN(CCN(CC)CC)C1=CCC(C2C=Cc3ccccc3N2)C=C1. The van der Waals surface area contributed by atoms with Crippen molar-refractivity contribution in [1.29, 1.82) is 0 Å². The number of nitrogens with zero attached hydrogens (tertiary/aromatic N) is 3. The van der Waals surface area contributed by atoms with E-state index >= 15 is 0 Å². The third kappa shape index (κ3) is 6.47. The lowest BCUT2D eigenvalue weighted by Gasteiger charge is -2.34. The summed E-state index contributed by atoms with van der Waals surface area (Å²) in [5.41, 5.74) is 3.93. The molecule has 3 rings (SSSR count). The van der Waals surface area contributed by atoms with Crippen molar-refractivity contribution in [3.63, 3.8) is 0 Å². The van der Waals surface area contributed by atoms with Gasteiger partial charge in [-0.1, -0.05) is 70.2 Å². The van der Waals surface area contributed by atoms with Crippen molar-refractivity contribution in [3.05, 3.63) is 59.8 Å². The highest BCUT2D eigenvalue weighted by atomic mass is 15.2. The Bertz CT molecular complexity index is 742. The second-order valence-electron chi connectivity index (χ2n) is 8.54. The normalized spacial score (nSPS) is 20.0. The molecule has 31 heavy (non-hydrogen) atoms. The molecule has 0 spiro atoms. The fourth-order valence-corrected chi connectivity index (χ4v) is 4.56. The number of fused-ring (bicyclic) bond motifs is 1. The Morgan fingerprint density at radius 3 is 2.03 bits per heavy atom. The molecule has 0 saturated heterocycles. The molecule has 2 aliphatic rings. The average molecular weight is 423 g/mol. The van der Waals surface area contributed by atoms with Gasteiger partial charge in [0.2, 0.25) is 0 Å². The quantitative estimate of drug-likeness (QED) is 0.515. The van der Waals surface area contributed by atoms with Crippen molar-refractivity contribution in [2.75, 3.05) is 57.7 Å². The van der Waals surface area contributed by atoms with Gasteiger partial charge in [0.25, 0.3) is 0 Å². The predicted octanol–water partition coefficient (Wildman–Crippen LogP) is 4.94. The monoisotopic (exact) mass is 422 g/mol. The van der Waals surface area contributed by atoms with Crippen molar-refractivity contribution in [2.24, 2.45) is 5.92 Å². The van der Waals surface area contributed by atoms with E-state index in [0.717, 1.165) is 58.8 Å². The molecule has 170 valence electrons. The van der Waals surface area contributed by atoms with E-state index < -0.39 is 0 Å². The van der Waals surface area contributed by atoms with Crippen LogP contribution in [0.25, 0.3) is 6.08 Å². The van der Waals surface area contributed by atoms with Crippen LogP contribution >= 0.6 is 0 Å². The highest BCUT2D eigenvalue weighted by Crippen LogP contribution is 2.30. The molecule has 0 radical (unpaired) electrons. The minimum Gasteiger partial charge on any atom is -0.378 e. The summed E-state index contributed by atoms with van der Waals surface area (Å²) in [4.78, 5) is 7.64. The van der Waals surface area contributed by atoms with E-state index in [1.165, 1.54) is 16.9 Å². The first-order valence-corrected chi connectivity index (χ1v) is 12.3. The van der Waals surface area contributed by atoms with Gasteiger partial charge in [0.05, 0.1) is 6.04 Å². The van der Waals surface area contributed by atoms with Crippen molar-refractivity contribution in [1.82, 2.24) is 14.7 Å². The number of benzene rings is 1. The lowest BCUT2D eigenvalue weighted by molar-refractivity contribution is 0.216. The maximum absolute atomic E-state index is 3.73. The van der Waals surface area contributed by atoms with Gasteiger partial charge < -0.3 is 20.0 Å². The number of anilines is 1. The topological polar surface area (TPSA) is 21.8 Å². The van der Waals surface area contributed by atoms with Crippen LogP contribution in [0.1, 0.15) is 39.7 Å². The zero-order valence-corrected chi connectivity index (χ0v) is 20.1. The highest BCUT2D eigenvalue weighted by Gasteiger charge is 2.22. The molecule has 4 heteroatoms. The number of rotatable bonds is 12. The summed E-state index contributed by atoms with van der Waals surface area (Å²) in [6.07, 6.45) is 12.9. The molecule has 1 aliphatic heterocycles. The standard InChI is InChI=1S/C27H42N4/c1-5-29(6-2)19-21-31(22-20-30(7-3)8-4)25-16-13-24(14-17-25)27-18-15-23-11-9-10-12-26(23)28-27/h9-13,15-18,24,27-28H,5-8,14,19-22H2,1-4H3. The third-order valence-corrected chi connectivity index (χ3v) is 6.87. The molecule has 1 aromatic carbocycles. The lowest BCUT2D eigenvalue weighted by Crippen LogP contribution is -2.39. The maximum atomic E-state index is 3.73. The first-order chi connectivity index (χ1) is 15.2. The van der Waals surface area contributed by atoms with Crippen LogP contribution in [0, 0.1) is 5.92 Å². The van der Waals surface area contributed by atoms with Gasteiger partial charge in [-0.05, 0) is 50.3 Å². The summed E-state index contributed by atoms with van der Waals surface area (Å²) in [6, 6.07) is 8.94. The van der Waals surface area contributed by atoms with Crippen LogP contribution in [0.4, 0.5) is 5.69 Å². The van der Waals surface area contributed by atoms with E-state index in [2.05, 4.69) is 102 Å². The molecule has 0 aromatic heterocycles. The Balaban J connectivity index is 1.62. The van der Waals surface area contributed by atoms with Crippen LogP contribution in [0.5, 0.6) is 0 Å². The van der Waals surface area contributed by atoms with Crippen molar-refractivity contribution in [3.8, 4) is 0 Å². The molecular weight excluding hydrogens is 380 g/mol. The van der Waals surface area contributed by atoms with Crippen LogP contribution in [-0.2, 0) is 0 Å². The summed E-state index contributed by atoms with van der Waals surface area (Å²) in [6.45, 7) is 18.0. The highest BCUT2D eigenvalue weighted by molar-refractivity contribution is 5.71. The molecule has 1 heterocycles. The van der Waals surface area contributed by atoms with Crippen LogP contribution < -0.4 is 5.32 Å². The molecule has 1 aromatic rings. The number of para-hydroxylation sites is 1. The summed E-state index contributed by atoms with van der Waals surface area (Å²) in [5.74, 6) is 0.501. The molecule has 0 fully saturated rings. The van der Waals surface area contributed by atoms with Crippen LogP contribution in [-0.4, -0.2) is 73.1 Å². The van der Waals surface area contributed by atoms with E-state index in [1.54, 1.807) is 0 Å². The molecule has 2 unspecified atom stereocenters. The largest absolute Gasteiger partial charge is 0.378 e. The van der Waals surface area contributed by atoms with Crippen molar-refractivity contribution in [2.45, 2.75) is 40.2 Å². The minimum absolute atomic E-state index is 0.365. The van der Waals surface area contributed by atoms with Gasteiger partial charge in [-0.2, -0.15) is 0 Å². The van der Waals surface area contributed by atoms with E-state index in [0.29, 0.717) is 12.0 Å². The van der Waals surface area contributed by atoms with Crippen LogP contribution in [0.15, 0.2) is 54.3 Å². The molecule has 0 saturated carbocycles. The van der Waals surface area contributed by atoms with E-state index in [4.69, 9.17) is 0 Å². The van der Waals surface area contributed by atoms with E-state index in [-0.39, 0.29) is 0 Å². The van der Waals surface area contributed by atoms with Gasteiger partial charge in [-0.3, -0.25) is 0 Å². The van der Waals surface area contributed by atoms with Gasteiger partial charge in [-0.25, -0.2) is 0 Å². The number of allylic oxidation sites excluding steroid dienone is 2. The Morgan fingerprint density at radius 1 is 0.806 bits per heavy atom. The Labute approximate surface area is 190 Å². The molecule has 0 bridgehead atoms.